The maximum atomic E-state index is 11.3. The highest BCUT2D eigenvalue weighted by Gasteiger charge is 2.33. The number of carboxylic acids is 1. The molecule has 1 atom stereocenters. The van der Waals surface area contributed by atoms with Gasteiger partial charge in [-0.15, -0.1) is 10.2 Å². The summed E-state index contributed by atoms with van der Waals surface area (Å²) in [4.78, 5) is 11.3. The molecule has 3 rings (SSSR count). The minimum absolute atomic E-state index is 0.154. The van der Waals surface area contributed by atoms with E-state index in [1.165, 1.54) is 6.26 Å². The minimum Gasteiger partial charge on any atom is -0.481 e. The number of aliphatic carboxylic acids is 1. The third-order valence-electron chi connectivity index (χ3n) is 2.96. The normalized spacial score (nSPS) is 16.7. The first-order valence-corrected chi connectivity index (χ1v) is 5.82. The van der Waals surface area contributed by atoms with Crippen LogP contribution in [0.25, 0.3) is 0 Å². The first-order chi connectivity index (χ1) is 8.74. The molecule has 2 heterocycles. The Balaban J connectivity index is 1.81. The Morgan fingerprint density at radius 2 is 2.33 bits per heavy atom. The molecule has 2 aromatic heterocycles. The maximum Gasteiger partial charge on any atom is 0.316 e. The molecule has 0 saturated heterocycles. The zero-order chi connectivity index (χ0) is 12.5. The van der Waals surface area contributed by atoms with Crippen LogP contribution in [0.2, 0.25) is 0 Å². The van der Waals surface area contributed by atoms with Crippen molar-refractivity contribution in [2.75, 3.05) is 0 Å². The lowest BCUT2D eigenvalue weighted by molar-refractivity contribution is -0.139. The number of aromatic nitrogens is 2. The molecule has 0 aromatic carbocycles. The van der Waals surface area contributed by atoms with Crippen molar-refractivity contribution >= 4 is 5.97 Å². The summed E-state index contributed by atoms with van der Waals surface area (Å²) < 4.78 is 10.6. The molecule has 1 fully saturated rings. The first kappa shape index (κ1) is 11.0. The topological polar surface area (TPSA) is 89.4 Å². The van der Waals surface area contributed by atoms with Gasteiger partial charge in [0.15, 0.2) is 0 Å². The standard InChI is InChI=1S/C12H12N2O4/c15-12(16)9(6-8-2-1-5-17-8)11-14-13-10(18-11)7-3-4-7/h1-2,5,7,9H,3-4,6H2,(H,15,16). The van der Waals surface area contributed by atoms with Crippen molar-refractivity contribution in [3.63, 3.8) is 0 Å². The average molecular weight is 248 g/mol. The monoisotopic (exact) mass is 248 g/mol. The number of furan rings is 1. The molecule has 0 amide bonds. The fourth-order valence-electron chi connectivity index (χ4n) is 1.79. The lowest BCUT2D eigenvalue weighted by Gasteiger charge is -2.05. The third kappa shape index (κ3) is 2.13. The van der Waals surface area contributed by atoms with E-state index >= 15 is 0 Å². The number of rotatable bonds is 5. The van der Waals surface area contributed by atoms with Gasteiger partial charge in [-0.05, 0) is 25.0 Å². The predicted octanol–water partition coefficient (Wildman–Crippen LogP) is 1.95. The van der Waals surface area contributed by atoms with Crippen LogP contribution in [-0.4, -0.2) is 21.3 Å². The van der Waals surface area contributed by atoms with Gasteiger partial charge in [0.25, 0.3) is 0 Å². The zero-order valence-corrected chi connectivity index (χ0v) is 9.57. The van der Waals surface area contributed by atoms with Gasteiger partial charge in [0.1, 0.15) is 11.7 Å². The van der Waals surface area contributed by atoms with Gasteiger partial charge in [0.2, 0.25) is 11.8 Å². The van der Waals surface area contributed by atoms with Crippen LogP contribution in [0.1, 0.15) is 42.2 Å². The van der Waals surface area contributed by atoms with Crippen molar-refractivity contribution in [1.29, 1.82) is 0 Å². The van der Waals surface area contributed by atoms with Crippen LogP contribution < -0.4 is 0 Å². The molecule has 1 unspecified atom stereocenters. The van der Waals surface area contributed by atoms with Gasteiger partial charge in [-0.3, -0.25) is 4.79 Å². The van der Waals surface area contributed by atoms with Gasteiger partial charge in [0.05, 0.1) is 6.26 Å². The van der Waals surface area contributed by atoms with Crippen LogP contribution in [-0.2, 0) is 11.2 Å². The third-order valence-corrected chi connectivity index (χ3v) is 2.96. The number of hydrogen-bond donors (Lipinski definition) is 1. The largest absolute Gasteiger partial charge is 0.481 e. The van der Waals surface area contributed by atoms with Gasteiger partial charge in [0, 0.05) is 12.3 Å². The van der Waals surface area contributed by atoms with Crippen molar-refractivity contribution in [1.82, 2.24) is 10.2 Å². The van der Waals surface area contributed by atoms with E-state index < -0.39 is 11.9 Å². The Morgan fingerprint density at radius 3 is 2.94 bits per heavy atom. The molecular weight excluding hydrogens is 236 g/mol. The summed E-state index contributed by atoms with van der Waals surface area (Å²) in [6.45, 7) is 0. The molecule has 6 nitrogen and oxygen atoms in total. The SMILES string of the molecule is O=C(O)C(Cc1ccco1)c1nnc(C2CC2)o1. The average Bonchev–Trinajstić information content (AvgIpc) is 2.89. The summed E-state index contributed by atoms with van der Waals surface area (Å²) in [7, 11) is 0. The fourth-order valence-corrected chi connectivity index (χ4v) is 1.79. The molecule has 1 N–H and O–H groups in total. The highest BCUT2D eigenvalue weighted by Crippen LogP contribution is 2.39. The Labute approximate surface area is 103 Å². The van der Waals surface area contributed by atoms with E-state index in [1.807, 2.05) is 0 Å². The van der Waals surface area contributed by atoms with Crippen molar-refractivity contribution in [2.24, 2.45) is 0 Å². The molecule has 2 aromatic rings. The van der Waals surface area contributed by atoms with Crippen molar-refractivity contribution in [3.05, 3.63) is 35.9 Å². The Bertz CT molecular complexity index is 542. The van der Waals surface area contributed by atoms with Gasteiger partial charge in [-0.2, -0.15) is 0 Å². The second-order valence-corrected chi connectivity index (χ2v) is 4.43. The lowest BCUT2D eigenvalue weighted by atomic mass is 10.0. The molecule has 0 radical (unpaired) electrons. The van der Waals surface area contributed by atoms with E-state index in [-0.39, 0.29) is 12.3 Å². The first-order valence-electron chi connectivity index (χ1n) is 5.82. The van der Waals surface area contributed by atoms with Crippen LogP contribution >= 0.6 is 0 Å². The Hall–Kier alpha value is -2.11. The molecule has 1 aliphatic rings. The highest BCUT2D eigenvalue weighted by molar-refractivity contribution is 5.74. The molecular formula is C12H12N2O4. The molecule has 94 valence electrons. The quantitative estimate of drug-likeness (QED) is 0.869. The van der Waals surface area contributed by atoms with Crippen LogP contribution in [0.3, 0.4) is 0 Å². The van der Waals surface area contributed by atoms with Crippen LogP contribution in [0.5, 0.6) is 0 Å². The summed E-state index contributed by atoms with van der Waals surface area (Å²) in [5.74, 6) is -0.220. The second kappa shape index (κ2) is 4.29. The zero-order valence-electron chi connectivity index (χ0n) is 9.57. The van der Waals surface area contributed by atoms with Crippen LogP contribution in [0, 0.1) is 0 Å². The number of hydrogen-bond acceptors (Lipinski definition) is 5. The van der Waals surface area contributed by atoms with E-state index in [9.17, 15) is 9.90 Å². The Morgan fingerprint density at radius 1 is 1.50 bits per heavy atom. The van der Waals surface area contributed by atoms with E-state index in [0.29, 0.717) is 17.6 Å². The van der Waals surface area contributed by atoms with Gasteiger partial charge in [-0.1, -0.05) is 0 Å². The van der Waals surface area contributed by atoms with E-state index in [2.05, 4.69) is 10.2 Å². The molecule has 6 heteroatoms. The molecule has 1 aliphatic carbocycles. The van der Waals surface area contributed by atoms with Crippen molar-refractivity contribution in [2.45, 2.75) is 31.1 Å². The van der Waals surface area contributed by atoms with Crippen LogP contribution in [0.15, 0.2) is 27.2 Å². The van der Waals surface area contributed by atoms with Crippen LogP contribution in [0.4, 0.5) is 0 Å². The van der Waals surface area contributed by atoms with E-state index in [1.54, 1.807) is 12.1 Å². The van der Waals surface area contributed by atoms with Gasteiger partial charge in [-0.25, -0.2) is 0 Å². The molecule has 1 saturated carbocycles. The fraction of sp³-hybridized carbons (Fsp3) is 0.417. The van der Waals surface area contributed by atoms with Crippen molar-refractivity contribution in [3.8, 4) is 0 Å². The molecule has 18 heavy (non-hydrogen) atoms. The Kier molecular flexibility index (Phi) is 2.62. The predicted molar refractivity (Wildman–Crippen MR) is 59.1 cm³/mol. The lowest BCUT2D eigenvalue weighted by Crippen LogP contribution is -2.14. The minimum atomic E-state index is -0.989. The number of carboxylic acid groups (broad SMARTS) is 1. The summed E-state index contributed by atoms with van der Waals surface area (Å²) >= 11 is 0. The molecule has 0 bridgehead atoms. The summed E-state index contributed by atoms with van der Waals surface area (Å²) in [6, 6.07) is 3.45. The summed E-state index contributed by atoms with van der Waals surface area (Å²) in [6.07, 6.45) is 3.81. The molecule has 0 spiro atoms. The summed E-state index contributed by atoms with van der Waals surface area (Å²) in [5, 5.41) is 17.0. The van der Waals surface area contributed by atoms with Gasteiger partial charge < -0.3 is 13.9 Å². The van der Waals surface area contributed by atoms with Crippen molar-refractivity contribution < 1.29 is 18.7 Å². The van der Waals surface area contributed by atoms with Gasteiger partial charge >= 0.3 is 5.97 Å². The smallest absolute Gasteiger partial charge is 0.316 e. The number of carbonyl (C=O) groups is 1. The molecule has 0 aliphatic heterocycles. The second-order valence-electron chi connectivity index (χ2n) is 4.43. The highest BCUT2D eigenvalue weighted by atomic mass is 16.4. The maximum absolute atomic E-state index is 11.3. The number of nitrogens with zero attached hydrogens (tertiary/aromatic N) is 2. The van der Waals surface area contributed by atoms with E-state index in [0.717, 1.165) is 12.8 Å². The summed E-state index contributed by atoms with van der Waals surface area (Å²) in [5.41, 5.74) is 0. The van der Waals surface area contributed by atoms with E-state index in [4.69, 9.17) is 8.83 Å².